The van der Waals surface area contributed by atoms with E-state index in [0.717, 1.165) is 19.3 Å². The first kappa shape index (κ1) is 16.2. The van der Waals surface area contributed by atoms with Crippen LogP contribution in [0.2, 0.25) is 0 Å². The summed E-state index contributed by atoms with van der Waals surface area (Å²) in [6.45, 7) is 6.50. The summed E-state index contributed by atoms with van der Waals surface area (Å²) in [5, 5.41) is 3.43. The van der Waals surface area contributed by atoms with E-state index in [9.17, 15) is 0 Å². The van der Waals surface area contributed by atoms with Gasteiger partial charge in [-0.3, -0.25) is 0 Å². The standard InChI is InChI=1S/C17H29NO/c1-14-8-6-7-9-15(14)10-11-16(18-4)12-13-17(2,3)19-5/h6-9,16,18H,10-13H2,1-5H3. The number of ether oxygens (including phenoxy) is 1. The molecule has 0 aliphatic carbocycles. The molecule has 0 heterocycles. The Balaban J connectivity index is 2.43. The van der Waals surface area contributed by atoms with Crippen molar-refractivity contribution in [3.05, 3.63) is 35.4 Å². The van der Waals surface area contributed by atoms with Gasteiger partial charge >= 0.3 is 0 Å². The van der Waals surface area contributed by atoms with Gasteiger partial charge in [0.05, 0.1) is 5.60 Å². The fourth-order valence-electron chi connectivity index (χ4n) is 2.28. The Morgan fingerprint density at radius 1 is 1.21 bits per heavy atom. The van der Waals surface area contributed by atoms with Crippen molar-refractivity contribution in [3.63, 3.8) is 0 Å². The van der Waals surface area contributed by atoms with Crippen molar-refractivity contribution in [2.24, 2.45) is 0 Å². The van der Waals surface area contributed by atoms with Gasteiger partial charge in [0, 0.05) is 13.2 Å². The van der Waals surface area contributed by atoms with Gasteiger partial charge < -0.3 is 10.1 Å². The zero-order valence-electron chi connectivity index (χ0n) is 13.1. The van der Waals surface area contributed by atoms with E-state index >= 15 is 0 Å². The molecule has 0 fully saturated rings. The van der Waals surface area contributed by atoms with E-state index < -0.39 is 0 Å². The Morgan fingerprint density at radius 3 is 2.47 bits per heavy atom. The number of benzene rings is 1. The lowest BCUT2D eigenvalue weighted by Gasteiger charge is -2.26. The van der Waals surface area contributed by atoms with Crippen LogP contribution in [0.3, 0.4) is 0 Å². The Bertz CT molecular complexity index is 373. The summed E-state index contributed by atoms with van der Waals surface area (Å²) in [4.78, 5) is 0. The smallest absolute Gasteiger partial charge is 0.0623 e. The molecule has 1 aromatic carbocycles. The van der Waals surface area contributed by atoms with E-state index in [2.05, 4.69) is 57.4 Å². The zero-order valence-corrected chi connectivity index (χ0v) is 13.1. The molecule has 0 aliphatic rings. The van der Waals surface area contributed by atoms with Crippen molar-refractivity contribution < 1.29 is 4.74 Å². The van der Waals surface area contributed by atoms with Gasteiger partial charge in [-0.15, -0.1) is 0 Å². The highest BCUT2D eigenvalue weighted by atomic mass is 16.5. The third kappa shape index (κ3) is 5.75. The average molecular weight is 263 g/mol. The largest absolute Gasteiger partial charge is 0.379 e. The van der Waals surface area contributed by atoms with Crippen LogP contribution in [-0.4, -0.2) is 25.8 Å². The maximum atomic E-state index is 5.49. The van der Waals surface area contributed by atoms with Gasteiger partial charge in [-0.1, -0.05) is 24.3 Å². The Hall–Kier alpha value is -0.860. The Labute approximate surface area is 118 Å². The molecule has 0 bridgehead atoms. The van der Waals surface area contributed by atoms with Crippen molar-refractivity contribution in [2.75, 3.05) is 14.2 Å². The molecule has 0 radical (unpaired) electrons. The van der Waals surface area contributed by atoms with E-state index in [4.69, 9.17) is 4.74 Å². The van der Waals surface area contributed by atoms with Crippen molar-refractivity contribution >= 4 is 0 Å². The third-order valence-electron chi connectivity index (χ3n) is 4.08. The van der Waals surface area contributed by atoms with E-state index in [1.807, 2.05) is 0 Å². The molecule has 19 heavy (non-hydrogen) atoms. The van der Waals surface area contributed by atoms with Crippen LogP contribution in [0.15, 0.2) is 24.3 Å². The van der Waals surface area contributed by atoms with E-state index in [1.54, 1.807) is 7.11 Å². The molecule has 2 heteroatoms. The van der Waals surface area contributed by atoms with E-state index in [-0.39, 0.29) is 5.60 Å². The molecule has 0 saturated carbocycles. The predicted octanol–water partition coefficient (Wildman–Crippen LogP) is 3.72. The topological polar surface area (TPSA) is 21.3 Å². The lowest BCUT2D eigenvalue weighted by Crippen LogP contribution is -2.30. The first-order valence-electron chi connectivity index (χ1n) is 7.25. The average Bonchev–Trinajstić information content (AvgIpc) is 2.41. The van der Waals surface area contributed by atoms with Crippen LogP contribution in [0, 0.1) is 6.92 Å². The van der Waals surface area contributed by atoms with Gasteiger partial charge in [-0.2, -0.15) is 0 Å². The molecule has 0 amide bonds. The summed E-state index contributed by atoms with van der Waals surface area (Å²) in [6, 6.07) is 9.23. The first-order valence-corrected chi connectivity index (χ1v) is 7.25. The number of hydrogen-bond donors (Lipinski definition) is 1. The normalized spacial score (nSPS) is 13.5. The molecule has 0 aromatic heterocycles. The molecule has 1 aromatic rings. The SMILES string of the molecule is CNC(CCc1ccccc1C)CCC(C)(C)OC. The summed E-state index contributed by atoms with van der Waals surface area (Å²) in [6.07, 6.45) is 4.57. The predicted molar refractivity (Wildman–Crippen MR) is 82.7 cm³/mol. The highest BCUT2D eigenvalue weighted by Gasteiger charge is 2.18. The van der Waals surface area contributed by atoms with Crippen molar-refractivity contribution in [2.45, 2.75) is 58.1 Å². The lowest BCUT2D eigenvalue weighted by molar-refractivity contribution is 0.0117. The van der Waals surface area contributed by atoms with Gasteiger partial charge in [-0.25, -0.2) is 0 Å². The Kier molecular flexibility index (Phi) is 6.53. The number of rotatable bonds is 8. The van der Waals surface area contributed by atoms with Crippen LogP contribution in [0.4, 0.5) is 0 Å². The zero-order chi connectivity index (χ0) is 14.3. The second-order valence-corrected chi connectivity index (χ2v) is 5.95. The fraction of sp³-hybridized carbons (Fsp3) is 0.647. The molecule has 2 nitrogen and oxygen atoms in total. The van der Waals surface area contributed by atoms with Crippen LogP contribution in [0.1, 0.15) is 44.2 Å². The minimum Gasteiger partial charge on any atom is -0.379 e. The molecule has 1 unspecified atom stereocenters. The quantitative estimate of drug-likeness (QED) is 0.772. The molecule has 1 rings (SSSR count). The summed E-state index contributed by atoms with van der Waals surface area (Å²) >= 11 is 0. The van der Waals surface area contributed by atoms with E-state index in [1.165, 1.54) is 17.5 Å². The number of nitrogens with one attached hydrogen (secondary N) is 1. The van der Waals surface area contributed by atoms with Crippen LogP contribution >= 0.6 is 0 Å². The van der Waals surface area contributed by atoms with Gasteiger partial charge in [0.15, 0.2) is 0 Å². The first-order chi connectivity index (χ1) is 8.98. The monoisotopic (exact) mass is 263 g/mol. The molecule has 0 saturated heterocycles. The number of methoxy groups -OCH3 is 1. The van der Waals surface area contributed by atoms with Gasteiger partial charge in [0.2, 0.25) is 0 Å². The van der Waals surface area contributed by atoms with Crippen LogP contribution < -0.4 is 5.32 Å². The van der Waals surface area contributed by atoms with E-state index in [0.29, 0.717) is 6.04 Å². The van der Waals surface area contributed by atoms with Gasteiger partial charge in [0.1, 0.15) is 0 Å². The summed E-state index contributed by atoms with van der Waals surface area (Å²) in [5.41, 5.74) is 2.85. The third-order valence-corrected chi connectivity index (χ3v) is 4.08. The molecule has 0 spiro atoms. The lowest BCUT2D eigenvalue weighted by atomic mass is 9.94. The van der Waals surface area contributed by atoms with Gasteiger partial charge in [0.25, 0.3) is 0 Å². The molecular weight excluding hydrogens is 234 g/mol. The second-order valence-electron chi connectivity index (χ2n) is 5.95. The van der Waals surface area contributed by atoms with Gasteiger partial charge in [-0.05, 0) is 64.6 Å². The fourth-order valence-corrected chi connectivity index (χ4v) is 2.28. The summed E-state index contributed by atoms with van der Waals surface area (Å²) < 4.78 is 5.49. The van der Waals surface area contributed by atoms with Crippen LogP contribution in [0.25, 0.3) is 0 Å². The van der Waals surface area contributed by atoms with Crippen LogP contribution in [-0.2, 0) is 11.2 Å². The minimum absolute atomic E-state index is 0.0161. The highest BCUT2D eigenvalue weighted by molar-refractivity contribution is 5.25. The van der Waals surface area contributed by atoms with Crippen molar-refractivity contribution in [1.29, 1.82) is 0 Å². The molecule has 0 aliphatic heterocycles. The Morgan fingerprint density at radius 2 is 1.89 bits per heavy atom. The second kappa shape index (κ2) is 7.66. The number of aryl methyl sites for hydroxylation is 2. The molecule has 108 valence electrons. The van der Waals surface area contributed by atoms with Crippen LogP contribution in [0.5, 0.6) is 0 Å². The minimum atomic E-state index is -0.0161. The molecular formula is C17H29NO. The highest BCUT2D eigenvalue weighted by Crippen LogP contribution is 2.19. The molecule has 1 N–H and O–H groups in total. The van der Waals surface area contributed by atoms with Crippen molar-refractivity contribution in [3.8, 4) is 0 Å². The number of hydrogen-bond acceptors (Lipinski definition) is 2. The van der Waals surface area contributed by atoms with Crippen molar-refractivity contribution in [1.82, 2.24) is 5.32 Å². The molecule has 1 atom stereocenters. The maximum Gasteiger partial charge on any atom is 0.0623 e. The maximum absolute atomic E-state index is 5.49. The summed E-state index contributed by atoms with van der Waals surface area (Å²) in [5.74, 6) is 0. The summed E-state index contributed by atoms with van der Waals surface area (Å²) in [7, 11) is 3.85.